The largest absolute Gasteiger partial charge is 0.465 e. The van der Waals surface area contributed by atoms with Crippen LogP contribution in [0, 0.1) is 11.8 Å². The van der Waals surface area contributed by atoms with Gasteiger partial charge in [-0.05, 0) is 30.3 Å². The fraction of sp³-hybridized carbons (Fsp3) is 0.381. The molecule has 10 heteroatoms. The van der Waals surface area contributed by atoms with Crippen LogP contribution < -0.4 is 4.90 Å². The molecule has 3 aliphatic rings. The van der Waals surface area contributed by atoms with Crippen LogP contribution in [-0.2, 0) is 38.1 Å². The van der Waals surface area contributed by atoms with Crippen molar-refractivity contribution >= 4 is 35.4 Å². The van der Waals surface area contributed by atoms with E-state index in [1.807, 2.05) is 0 Å². The summed E-state index contributed by atoms with van der Waals surface area (Å²) in [6.07, 6.45) is 0.826. The summed E-state index contributed by atoms with van der Waals surface area (Å²) in [5, 5.41) is 0. The van der Waals surface area contributed by atoms with Crippen molar-refractivity contribution in [3.05, 3.63) is 42.0 Å². The number of fused-ring (bicyclic) bond motifs is 5. The van der Waals surface area contributed by atoms with Crippen molar-refractivity contribution in [2.45, 2.75) is 31.8 Å². The minimum absolute atomic E-state index is 0.261. The Morgan fingerprint density at radius 3 is 2.19 bits per heavy atom. The Hall–Kier alpha value is -3.53. The number of amides is 2. The molecule has 1 aromatic rings. The van der Waals surface area contributed by atoms with Crippen LogP contribution in [0.25, 0.3) is 0 Å². The number of ether oxygens (including phenoxy) is 4. The molecule has 3 aliphatic heterocycles. The average Bonchev–Trinajstić information content (AvgIpc) is 3.37. The molecule has 4 rings (SSSR count). The predicted octanol–water partition coefficient (Wildman–Crippen LogP) is 0.738. The average molecular weight is 429 g/mol. The first-order chi connectivity index (χ1) is 14.7. The van der Waals surface area contributed by atoms with E-state index in [1.165, 1.54) is 37.5 Å². The minimum atomic E-state index is -1.61. The Bertz CT molecular complexity index is 998. The number of esters is 3. The number of nitrogens with zero attached hydrogens (tertiary/aromatic N) is 1. The van der Waals surface area contributed by atoms with E-state index in [9.17, 15) is 24.0 Å². The smallest absolute Gasteiger partial charge is 0.337 e. The second kappa shape index (κ2) is 7.31. The van der Waals surface area contributed by atoms with Crippen LogP contribution in [0.15, 0.2) is 36.4 Å². The Balaban J connectivity index is 1.69. The second-order valence-electron chi connectivity index (χ2n) is 7.40. The lowest BCUT2D eigenvalue weighted by Gasteiger charge is -2.34. The molecule has 2 amide bonds. The van der Waals surface area contributed by atoms with Crippen LogP contribution in [0.1, 0.15) is 24.2 Å². The summed E-state index contributed by atoms with van der Waals surface area (Å²) in [6.45, 7) is 2.26. The van der Waals surface area contributed by atoms with E-state index in [0.717, 1.165) is 18.7 Å². The van der Waals surface area contributed by atoms with Crippen molar-refractivity contribution in [1.29, 1.82) is 0 Å². The van der Waals surface area contributed by atoms with Gasteiger partial charge in [0.1, 0.15) is 0 Å². The first-order valence-electron chi connectivity index (χ1n) is 9.47. The van der Waals surface area contributed by atoms with E-state index in [1.54, 1.807) is 6.08 Å². The summed E-state index contributed by atoms with van der Waals surface area (Å²) in [4.78, 5) is 62.4. The van der Waals surface area contributed by atoms with Gasteiger partial charge >= 0.3 is 17.9 Å². The van der Waals surface area contributed by atoms with Crippen LogP contribution in [-0.4, -0.2) is 54.8 Å². The zero-order valence-electron chi connectivity index (χ0n) is 16.9. The van der Waals surface area contributed by atoms with E-state index < -0.39 is 59.6 Å². The summed E-state index contributed by atoms with van der Waals surface area (Å²) in [7, 11) is 1.25. The Kier molecular flexibility index (Phi) is 4.89. The molecular weight excluding hydrogens is 410 g/mol. The SMILES string of the molecule is COC(=O)c1ccc(N2C(=O)[C@@H]3[C@H]4C=C[C@](C(OC(C)=O)OC(C)=O)(O4)[C@H]3C2=O)cc1. The molecule has 31 heavy (non-hydrogen) atoms. The highest BCUT2D eigenvalue weighted by Crippen LogP contribution is 2.54. The number of imide groups is 1. The third-order valence-electron chi connectivity index (χ3n) is 5.54. The quantitative estimate of drug-likeness (QED) is 0.288. The monoisotopic (exact) mass is 429 g/mol. The van der Waals surface area contributed by atoms with E-state index in [-0.39, 0.29) is 11.3 Å². The molecule has 0 unspecified atom stereocenters. The lowest BCUT2D eigenvalue weighted by Crippen LogP contribution is -2.52. The highest BCUT2D eigenvalue weighted by Gasteiger charge is 2.72. The highest BCUT2D eigenvalue weighted by atomic mass is 16.7. The zero-order chi connectivity index (χ0) is 22.5. The topological polar surface area (TPSA) is 126 Å². The number of carbonyl (C=O) groups excluding carboxylic acids is 5. The Labute approximate surface area is 176 Å². The number of methoxy groups -OCH3 is 1. The molecule has 10 nitrogen and oxygen atoms in total. The number of hydrogen-bond acceptors (Lipinski definition) is 9. The molecule has 0 aromatic heterocycles. The lowest BCUT2D eigenvalue weighted by atomic mass is 9.76. The van der Waals surface area contributed by atoms with Crippen LogP contribution in [0.4, 0.5) is 5.69 Å². The molecule has 2 bridgehead atoms. The van der Waals surface area contributed by atoms with E-state index in [2.05, 4.69) is 4.74 Å². The first kappa shape index (κ1) is 20.7. The van der Waals surface area contributed by atoms with Crippen LogP contribution >= 0.6 is 0 Å². The van der Waals surface area contributed by atoms with Crippen molar-refractivity contribution in [3.8, 4) is 0 Å². The van der Waals surface area contributed by atoms with Crippen molar-refractivity contribution in [2.75, 3.05) is 12.0 Å². The molecule has 1 aromatic carbocycles. The third kappa shape index (κ3) is 3.10. The number of hydrogen-bond donors (Lipinski definition) is 0. The molecule has 0 spiro atoms. The standard InChI is InChI=1S/C21H19NO9/c1-10(23)29-20(30-11(2)24)21-9-8-14(31-21)15-16(21)18(26)22(17(15)25)13-6-4-12(5-7-13)19(27)28-3/h4-9,14-16,20H,1-3H3/t14-,15-,16-,21+/m1/s1. The maximum atomic E-state index is 13.4. The van der Waals surface area contributed by atoms with Gasteiger partial charge in [0.25, 0.3) is 6.29 Å². The summed E-state index contributed by atoms with van der Waals surface area (Å²) in [6, 6.07) is 5.80. The Morgan fingerprint density at radius 2 is 1.65 bits per heavy atom. The van der Waals surface area contributed by atoms with E-state index >= 15 is 0 Å². The summed E-state index contributed by atoms with van der Waals surface area (Å²) in [5.41, 5.74) is -1.08. The highest BCUT2D eigenvalue weighted by molar-refractivity contribution is 6.23. The van der Waals surface area contributed by atoms with Crippen molar-refractivity contribution in [1.82, 2.24) is 0 Å². The molecule has 0 N–H and O–H groups in total. The molecule has 162 valence electrons. The maximum absolute atomic E-state index is 13.4. The van der Waals surface area contributed by atoms with Gasteiger partial charge in [-0.15, -0.1) is 0 Å². The summed E-state index contributed by atoms with van der Waals surface area (Å²) in [5.74, 6) is -5.04. The van der Waals surface area contributed by atoms with Crippen LogP contribution in [0.3, 0.4) is 0 Å². The van der Waals surface area contributed by atoms with Crippen molar-refractivity contribution < 1.29 is 42.9 Å². The summed E-state index contributed by atoms with van der Waals surface area (Å²) < 4.78 is 20.9. The molecule has 0 aliphatic carbocycles. The van der Waals surface area contributed by atoms with Gasteiger partial charge in [0.15, 0.2) is 5.60 Å². The van der Waals surface area contributed by atoms with E-state index in [0.29, 0.717) is 0 Å². The zero-order valence-corrected chi connectivity index (χ0v) is 16.9. The first-order valence-corrected chi connectivity index (χ1v) is 9.47. The predicted molar refractivity (Wildman–Crippen MR) is 101 cm³/mol. The number of benzene rings is 1. The number of anilines is 1. The molecule has 2 saturated heterocycles. The lowest BCUT2D eigenvalue weighted by molar-refractivity contribution is -0.226. The van der Waals surface area contributed by atoms with Gasteiger partial charge in [-0.25, -0.2) is 9.69 Å². The molecule has 3 heterocycles. The maximum Gasteiger partial charge on any atom is 0.337 e. The van der Waals surface area contributed by atoms with Gasteiger partial charge in [0.2, 0.25) is 11.8 Å². The van der Waals surface area contributed by atoms with Crippen molar-refractivity contribution in [2.24, 2.45) is 11.8 Å². The molecule has 2 fully saturated rings. The normalized spacial score (nSPS) is 28.1. The van der Waals surface area contributed by atoms with Gasteiger partial charge in [-0.3, -0.25) is 19.2 Å². The fourth-order valence-corrected chi connectivity index (χ4v) is 4.34. The van der Waals surface area contributed by atoms with Gasteiger partial charge in [-0.2, -0.15) is 0 Å². The molecule has 0 radical (unpaired) electrons. The fourth-order valence-electron chi connectivity index (χ4n) is 4.34. The van der Waals surface area contributed by atoms with Gasteiger partial charge in [0.05, 0.1) is 36.3 Å². The van der Waals surface area contributed by atoms with Gasteiger partial charge in [-0.1, -0.05) is 6.08 Å². The van der Waals surface area contributed by atoms with Crippen molar-refractivity contribution in [3.63, 3.8) is 0 Å². The van der Waals surface area contributed by atoms with E-state index in [4.69, 9.17) is 14.2 Å². The van der Waals surface area contributed by atoms with Crippen LogP contribution in [0.2, 0.25) is 0 Å². The minimum Gasteiger partial charge on any atom is -0.465 e. The second-order valence-corrected chi connectivity index (χ2v) is 7.40. The molecular formula is C21H19NO9. The molecule has 4 atom stereocenters. The third-order valence-corrected chi connectivity index (χ3v) is 5.54. The summed E-state index contributed by atoms with van der Waals surface area (Å²) >= 11 is 0. The van der Waals surface area contributed by atoms with Gasteiger partial charge in [0, 0.05) is 13.8 Å². The number of rotatable bonds is 5. The number of carbonyl (C=O) groups is 5. The molecule has 0 saturated carbocycles. The van der Waals surface area contributed by atoms with Crippen LogP contribution in [0.5, 0.6) is 0 Å². The Morgan fingerprint density at radius 1 is 1.03 bits per heavy atom. The van der Waals surface area contributed by atoms with Gasteiger partial charge < -0.3 is 18.9 Å².